The van der Waals surface area contributed by atoms with Gasteiger partial charge in [-0.3, -0.25) is 9.69 Å². The number of aliphatic hydroxyl groups excluding tert-OH is 2. The highest BCUT2D eigenvalue weighted by Crippen LogP contribution is 2.15. The van der Waals surface area contributed by atoms with Crippen molar-refractivity contribution in [3.63, 3.8) is 0 Å². The van der Waals surface area contributed by atoms with Gasteiger partial charge in [0, 0.05) is 46.8 Å². The van der Waals surface area contributed by atoms with Crippen molar-refractivity contribution in [1.82, 2.24) is 9.80 Å². The van der Waals surface area contributed by atoms with E-state index in [9.17, 15) is 19.4 Å². The molecular weight excluding hydrogens is 431 g/mol. The minimum absolute atomic E-state index is 0.0155. The molecule has 2 rings (SSSR count). The van der Waals surface area contributed by atoms with Gasteiger partial charge < -0.3 is 29.3 Å². The number of rotatable bonds is 6. The van der Waals surface area contributed by atoms with Crippen LogP contribution in [-0.2, 0) is 20.8 Å². The summed E-state index contributed by atoms with van der Waals surface area (Å²) in [6, 6.07) is 7.68. The zero-order chi connectivity index (χ0) is 24.1. The number of alkyl halides is 1. The van der Waals surface area contributed by atoms with Gasteiger partial charge in [0.15, 0.2) is 0 Å². The normalized spacial score (nSPS) is 24.6. The number of methoxy groups -OCH3 is 1. The Kier molecular flexibility index (Phi) is 12.6. The second-order valence-electron chi connectivity index (χ2n) is 8.39. The molecule has 3 atom stereocenters. The molecule has 1 amide bonds. The summed E-state index contributed by atoms with van der Waals surface area (Å²) in [5.41, 5.74) is 1.13. The number of hydrogen-bond donors (Lipinski definition) is 2. The first-order chi connectivity index (χ1) is 15.9. The molecule has 9 heteroatoms. The van der Waals surface area contributed by atoms with E-state index in [0.29, 0.717) is 18.9 Å². The van der Waals surface area contributed by atoms with Gasteiger partial charge in [-0.2, -0.15) is 0 Å². The second-order valence-corrected chi connectivity index (χ2v) is 8.39. The average molecular weight is 471 g/mol. The SMILES string of the molecule is CO[C@H]1CN(C(C)=O)CCCN(Cc2ccc(OCCF)cc2)CCCCOC[C@H](O)[C@@H]1O. The monoisotopic (exact) mass is 470 g/mol. The van der Waals surface area contributed by atoms with E-state index in [0.717, 1.165) is 44.5 Å². The van der Waals surface area contributed by atoms with Crippen LogP contribution in [0.4, 0.5) is 4.39 Å². The van der Waals surface area contributed by atoms with Crippen molar-refractivity contribution < 1.29 is 33.6 Å². The molecule has 0 saturated carbocycles. The summed E-state index contributed by atoms with van der Waals surface area (Å²) >= 11 is 0. The van der Waals surface area contributed by atoms with Gasteiger partial charge in [0.2, 0.25) is 5.91 Å². The molecule has 1 aliphatic rings. The van der Waals surface area contributed by atoms with Gasteiger partial charge in [0.25, 0.3) is 0 Å². The number of benzene rings is 1. The Morgan fingerprint density at radius 2 is 1.88 bits per heavy atom. The summed E-state index contributed by atoms with van der Waals surface area (Å²) in [5, 5.41) is 20.7. The van der Waals surface area contributed by atoms with Crippen LogP contribution < -0.4 is 4.74 Å². The fourth-order valence-corrected chi connectivity index (χ4v) is 3.87. The third-order valence-electron chi connectivity index (χ3n) is 5.80. The minimum Gasteiger partial charge on any atom is -0.491 e. The third kappa shape index (κ3) is 9.93. The predicted molar refractivity (Wildman–Crippen MR) is 123 cm³/mol. The van der Waals surface area contributed by atoms with Gasteiger partial charge in [-0.05, 0) is 43.5 Å². The molecule has 1 aliphatic heterocycles. The molecule has 1 fully saturated rings. The molecule has 2 N–H and O–H groups in total. The number of carbonyl (C=O) groups is 1. The van der Waals surface area contributed by atoms with Gasteiger partial charge >= 0.3 is 0 Å². The first-order valence-electron chi connectivity index (χ1n) is 11.7. The molecule has 0 aromatic heterocycles. The Bertz CT molecular complexity index is 677. The highest BCUT2D eigenvalue weighted by molar-refractivity contribution is 5.73. The number of nitrogens with zero attached hydrogens (tertiary/aromatic N) is 2. The first kappa shape index (κ1) is 27.5. The predicted octanol–water partition coefficient (Wildman–Crippen LogP) is 1.62. The summed E-state index contributed by atoms with van der Waals surface area (Å²) in [4.78, 5) is 16.2. The minimum atomic E-state index is -1.14. The van der Waals surface area contributed by atoms with Crippen LogP contribution in [0, 0.1) is 0 Å². The van der Waals surface area contributed by atoms with Crippen molar-refractivity contribution >= 4 is 5.91 Å². The maximum absolute atomic E-state index is 12.3. The molecule has 1 aromatic rings. The van der Waals surface area contributed by atoms with E-state index in [1.54, 1.807) is 4.90 Å². The lowest BCUT2D eigenvalue weighted by molar-refractivity contribution is -0.136. The Morgan fingerprint density at radius 3 is 2.55 bits per heavy atom. The maximum Gasteiger partial charge on any atom is 0.219 e. The highest BCUT2D eigenvalue weighted by atomic mass is 19.1. The van der Waals surface area contributed by atoms with Crippen LogP contribution in [0.15, 0.2) is 24.3 Å². The molecule has 1 saturated heterocycles. The molecule has 188 valence electrons. The van der Waals surface area contributed by atoms with Crippen LogP contribution >= 0.6 is 0 Å². The van der Waals surface area contributed by atoms with E-state index in [-0.39, 0.29) is 25.7 Å². The smallest absolute Gasteiger partial charge is 0.219 e. The molecule has 0 unspecified atom stereocenters. The van der Waals surface area contributed by atoms with Crippen molar-refractivity contribution in [1.29, 1.82) is 0 Å². The molecule has 1 heterocycles. The van der Waals surface area contributed by atoms with E-state index < -0.39 is 25.0 Å². The van der Waals surface area contributed by atoms with Crippen LogP contribution in [0.2, 0.25) is 0 Å². The molecule has 1 aromatic carbocycles. The van der Waals surface area contributed by atoms with Gasteiger partial charge in [-0.1, -0.05) is 12.1 Å². The molecule has 33 heavy (non-hydrogen) atoms. The van der Waals surface area contributed by atoms with Crippen LogP contribution in [0.25, 0.3) is 0 Å². The molecule has 0 spiro atoms. The number of hydrogen-bond acceptors (Lipinski definition) is 7. The highest BCUT2D eigenvalue weighted by Gasteiger charge is 2.29. The number of aliphatic hydroxyl groups is 2. The van der Waals surface area contributed by atoms with Crippen molar-refractivity contribution in [2.24, 2.45) is 0 Å². The van der Waals surface area contributed by atoms with Crippen LogP contribution in [0.1, 0.15) is 31.7 Å². The van der Waals surface area contributed by atoms with Gasteiger partial charge in [-0.15, -0.1) is 0 Å². The van der Waals surface area contributed by atoms with Crippen molar-refractivity contribution in [2.45, 2.75) is 51.0 Å². The molecule has 8 nitrogen and oxygen atoms in total. The van der Waals surface area contributed by atoms with Gasteiger partial charge in [0.1, 0.15) is 37.3 Å². The maximum atomic E-state index is 12.3. The summed E-state index contributed by atoms with van der Waals surface area (Å²) in [7, 11) is 1.46. The van der Waals surface area contributed by atoms with E-state index in [1.807, 2.05) is 24.3 Å². The summed E-state index contributed by atoms with van der Waals surface area (Å²) < 4.78 is 28.5. The van der Waals surface area contributed by atoms with Crippen LogP contribution in [0.3, 0.4) is 0 Å². The number of halogens is 1. The summed E-state index contributed by atoms with van der Waals surface area (Å²) in [6.07, 6.45) is -0.400. The third-order valence-corrected chi connectivity index (χ3v) is 5.80. The van der Waals surface area contributed by atoms with Gasteiger partial charge in [-0.25, -0.2) is 4.39 Å². The standard InChI is InChI=1S/C24H39FN2O6/c1-19(28)27-13-5-12-26(16-20-6-8-21(9-7-20)33-15-10-25)11-3-4-14-32-18-22(29)24(30)23(17-27)31-2/h6-9,22-24,29-30H,3-5,10-18H2,1-2H3/t22-,23-,24-/m0/s1. The topological polar surface area (TPSA) is 91.7 Å². The van der Waals surface area contributed by atoms with Gasteiger partial charge in [0.05, 0.1) is 6.61 Å². The number of ether oxygens (including phenoxy) is 3. The number of carbonyl (C=O) groups excluding carboxylic acids is 1. The summed E-state index contributed by atoms with van der Waals surface area (Å²) in [5.74, 6) is 0.550. The van der Waals surface area contributed by atoms with Crippen molar-refractivity contribution in [2.75, 3.05) is 59.8 Å². The lowest BCUT2D eigenvalue weighted by Crippen LogP contribution is -2.48. The molecule has 0 bridgehead atoms. The van der Waals surface area contributed by atoms with Crippen molar-refractivity contribution in [3.8, 4) is 5.75 Å². The lowest BCUT2D eigenvalue weighted by Gasteiger charge is -2.31. The van der Waals surface area contributed by atoms with Crippen molar-refractivity contribution in [3.05, 3.63) is 29.8 Å². The van der Waals surface area contributed by atoms with E-state index in [1.165, 1.54) is 14.0 Å². The molecule has 0 aliphatic carbocycles. The average Bonchev–Trinajstić information content (AvgIpc) is 2.81. The Hall–Kier alpha value is -1.78. The molecule has 0 radical (unpaired) electrons. The lowest BCUT2D eigenvalue weighted by atomic mass is 10.1. The Morgan fingerprint density at radius 1 is 1.15 bits per heavy atom. The zero-order valence-corrected chi connectivity index (χ0v) is 19.8. The number of amides is 1. The fourth-order valence-electron chi connectivity index (χ4n) is 3.87. The summed E-state index contributed by atoms with van der Waals surface area (Å²) in [6.45, 7) is 4.70. The second kappa shape index (κ2) is 15.2. The van der Waals surface area contributed by atoms with E-state index in [4.69, 9.17) is 14.2 Å². The fraction of sp³-hybridized carbons (Fsp3) is 0.708. The molecular formula is C24H39FN2O6. The van der Waals surface area contributed by atoms with E-state index >= 15 is 0 Å². The largest absolute Gasteiger partial charge is 0.491 e. The Labute approximate surface area is 196 Å². The van der Waals surface area contributed by atoms with Crippen LogP contribution in [0.5, 0.6) is 5.75 Å². The first-order valence-corrected chi connectivity index (χ1v) is 11.7. The quantitative estimate of drug-likeness (QED) is 0.653. The zero-order valence-electron chi connectivity index (χ0n) is 19.8. The van der Waals surface area contributed by atoms with Crippen LogP contribution in [-0.4, -0.2) is 104 Å². The Balaban J connectivity index is 2.02. The van der Waals surface area contributed by atoms with E-state index in [2.05, 4.69) is 4.90 Å².